The van der Waals surface area contributed by atoms with Gasteiger partial charge in [-0.05, 0) is 30.3 Å². The lowest BCUT2D eigenvalue weighted by Crippen LogP contribution is -2.05. The Morgan fingerprint density at radius 1 is 1.21 bits per heavy atom. The zero-order chi connectivity index (χ0) is 14.0. The summed E-state index contributed by atoms with van der Waals surface area (Å²) in [6, 6.07) is 6.32. The summed E-state index contributed by atoms with van der Waals surface area (Å²) in [5.74, 6) is -0.616. The van der Waals surface area contributed by atoms with Crippen molar-refractivity contribution in [3.63, 3.8) is 0 Å². The van der Waals surface area contributed by atoms with Crippen molar-refractivity contribution < 1.29 is 18.0 Å². The molecule has 6 heteroatoms. The van der Waals surface area contributed by atoms with Gasteiger partial charge in [0.2, 0.25) is 5.91 Å². The molecule has 0 radical (unpaired) electrons. The first-order valence-corrected chi connectivity index (χ1v) is 5.32. The maximum Gasteiger partial charge on any atom is 0.416 e. The van der Waals surface area contributed by atoms with Crippen LogP contribution in [0, 0.1) is 0 Å². The van der Waals surface area contributed by atoms with Gasteiger partial charge in [-0.2, -0.15) is 13.2 Å². The number of primary amides is 1. The van der Waals surface area contributed by atoms with Crippen molar-refractivity contribution in [2.24, 2.45) is 5.73 Å². The van der Waals surface area contributed by atoms with Gasteiger partial charge in [-0.15, -0.1) is 0 Å². The van der Waals surface area contributed by atoms with Crippen LogP contribution < -0.4 is 5.73 Å². The molecule has 1 aromatic carbocycles. The van der Waals surface area contributed by atoms with Crippen LogP contribution in [-0.4, -0.2) is 10.9 Å². The lowest BCUT2D eigenvalue weighted by Gasteiger charge is -2.07. The van der Waals surface area contributed by atoms with E-state index in [9.17, 15) is 18.0 Å². The van der Waals surface area contributed by atoms with Crippen LogP contribution in [0.4, 0.5) is 13.2 Å². The SMILES string of the molecule is NC(=O)C=Cc1ccc2cc(C(F)(F)F)ccc2n1. The van der Waals surface area contributed by atoms with Gasteiger partial charge in [-0.3, -0.25) is 4.79 Å². The topological polar surface area (TPSA) is 56.0 Å². The van der Waals surface area contributed by atoms with Crippen molar-refractivity contribution in [2.75, 3.05) is 0 Å². The Labute approximate surface area is 106 Å². The second-order valence-corrected chi connectivity index (χ2v) is 3.88. The highest BCUT2D eigenvalue weighted by Gasteiger charge is 2.30. The lowest BCUT2D eigenvalue weighted by atomic mass is 10.1. The van der Waals surface area contributed by atoms with E-state index in [0.717, 1.165) is 18.2 Å². The molecule has 2 N–H and O–H groups in total. The summed E-state index contributed by atoms with van der Waals surface area (Å²) in [5.41, 5.74) is 5.09. The highest BCUT2D eigenvalue weighted by atomic mass is 19.4. The molecule has 98 valence electrons. The number of pyridine rings is 1. The van der Waals surface area contributed by atoms with Gasteiger partial charge in [0.15, 0.2) is 0 Å². The first-order valence-electron chi connectivity index (χ1n) is 5.32. The molecule has 3 nitrogen and oxygen atoms in total. The van der Waals surface area contributed by atoms with Crippen LogP contribution in [0.15, 0.2) is 36.4 Å². The van der Waals surface area contributed by atoms with Crippen LogP contribution in [0.5, 0.6) is 0 Å². The molecule has 2 rings (SSSR count). The molecule has 19 heavy (non-hydrogen) atoms. The summed E-state index contributed by atoms with van der Waals surface area (Å²) >= 11 is 0. The summed E-state index contributed by atoms with van der Waals surface area (Å²) in [4.78, 5) is 14.7. The number of hydrogen-bond acceptors (Lipinski definition) is 2. The van der Waals surface area contributed by atoms with Gasteiger partial charge in [0.1, 0.15) is 0 Å². The van der Waals surface area contributed by atoms with Crippen molar-refractivity contribution in [1.29, 1.82) is 0 Å². The Morgan fingerprint density at radius 2 is 1.95 bits per heavy atom. The maximum atomic E-state index is 12.5. The molecule has 0 aliphatic carbocycles. The minimum absolute atomic E-state index is 0.381. The normalized spacial score (nSPS) is 12.2. The third kappa shape index (κ3) is 3.09. The Balaban J connectivity index is 2.43. The first-order chi connectivity index (χ1) is 8.86. The Morgan fingerprint density at radius 3 is 2.58 bits per heavy atom. The van der Waals surface area contributed by atoms with Gasteiger partial charge >= 0.3 is 6.18 Å². The predicted octanol–water partition coefficient (Wildman–Crippen LogP) is 2.75. The second kappa shape index (κ2) is 4.72. The van der Waals surface area contributed by atoms with E-state index >= 15 is 0 Å². The quantitative estimate of drug-likeness (QED) is 0.850. The smallest absolute Gasteiger partial charge is 0.366 e. The van der Waals surface area contributed by atoms with Crippen LogP contribution in [0.3, 0.4) is 0 Å². The van der Waals surface area contributed by atoms with Crippen LogP contribution in [0.1, 0.15) is 11.3 Å². The number of aromatic nitrogens is 1. The number of benzene rings is 1. The Bertz CT molecular complexity index is 662. The molecular formula is C13H9F3N2O. The van der Waals surface area contributed by atoms with Crippen LogP contribution in [0.25, 0.3) is 17.0 Å². The number of rotatable bonds is 2. The number of nitrogens with zero attached hydrogens (tertiary/aromatic N) is 1. The molecule has 0 aliphatic rings. The molecule has 1 heterocycles. The van der Waals surface area contributed by atoms with E-state index in [1.165, 1.54) is 24.3 Å². The molecule has 0 bridgehead atoms. The maximum absolute atomic E-state index is 12.5. The van der Waals surface area contributed by atoms with E-state index in [-0.39, 0.29) is 0 Å². The summed E-state index contributed by atoms with van der Waals surface area (Å²) in [7, 11) is 0. The number of fused-ring (bicyclic) bond motifs is 1. The van der Waals surface area contributed by atoms with E-state index in [1.54, 1.807) is 0 Å². The van der Waals surface area contributed by atoms with E-state index in [0.29, 0.717) is 16.6 Å². The van der Waals surface area contributed by atoms with Gasteiger partial charge in [0, 0.05) is 11.5 Å². The van der Waals surface area contributed by atoms with Crippen molar-refractivity contribution in [3.8, 4) is 0 Å². The monoisotopic (exact) mass is 266 g/mol. The zero-order valence-electron chi connectivity index (χ0n) is 9.61. The number of carbonyl (C=O) groups is 1. The van der Waals surface area contributed by atoms with Gasteiger partial charge in [0.25, 0.3) is 0 Å². The summed E-state index contributed by atoms with van der Waals surface area (Å²) in [5, 5.41) is 0.381. The number of nitrogens with two attached hydrogens (primary N) is 1. The fourth-order valence-electron chi connectivity index (χ4n) is 1.58. The standard InChI is InChI=1S/C13H9F3N2O/c14-13(15,16)9-2-5-11-8(7-9)1-3-10(18-11)4-6-12(17)19/h1-7H,(H2,17,19). The molecule has 1 amide bonds. The number of hydrogen-bond donors (Lipinski definition) is 1. The van der Waals surface area contributed by atoms with Crippen LogP contribution >= 0.6 is 0 Å². The molecule has 0 fully saturated rings. The Hall–Kier alpha value is -2.37. The lowest BCUT2D eigenvalue weighted by molar-refractivity contribution is -0.137. The highest BCUT2D eigenvalue weighted by molar-refractivity contribution is 5.90. The third-order valence-corrected chi connectivity index (χ3v) is 2.46. The number of amides is 1. The summed E-state index contributed by atoms with van der Waals surface area (Å²) in [6.45, 7) is 0. The highest BCUT2D eigenvalue weighted by Crippen LogP contribution is 2.31. The number of halogens is 3. The van der Waals surface area contributed by atoms with Crippen molar-refractivity contribution in [1.82, 2.24) is 4.98 Å². The van der Waals surface area contributed by atoms with Gasteiger partial charge in [-0.25, -0.2) is 4.98 Å². The average Bonchev–Trinajstić information content (AvgIpc) is 2.34. The molecule has 2 aromatic rings. The van der Waals surface area contributed by atoms with Crippen LogP contribution in [-0.2, 0) is 11.0 Å². The number of alkyl halides is 3. The minimum Gasteiger partial charge on any atom is -0.366 e. The van der Waals surface area contributed by atoms with Crippen molar-refractivity contribution in [2.45, 2.75) is 6.18 Å². The first kappa shape index (κ1) is 13.1. The molecule has 0 saturated carbocycles. The fourth-order valence-corrected chi connectivity index (χ4v) is 1.58. The van der Waals surface area contributed by atoms with Gasteiger partial charge in [-0.1, -0.05) is 6.07 Å². The average molecular weight is 266 g/mol. The minimum atomic E-state index is -4.38. The van der Waals surface area contributed by atoms with E-state index in [1.807, 2.05) is 0 Å². The van der Waals surface area contributed by atoms with Crippen molar-refractivity contribution in [3.05, 3.63) is 47.7 Å². The van der Waals surface area contributed by atoms with E-state index in [2.05, 4.69) is 4.98 Å². The fraction of sp³-hybridized carbons (Fsp3) is 0.0769. The molecular weight excluding hydrogens is 257 g/mol. The van der Waals surface area contributed by atoms with Gasteiger partial charge < -0.3 is 5.73 Å². The third-order valence-electron chi connectivity index (χ3n) is 2.46. The van der Waals surface area contributed by atoms with E-state index < -0.39 is 17.6 Å². The zero-order valence-corrected chi connectivity index (χ0v) is 9.61. The molecule has 0 saturated heterocycles. The molecule has 1 aromatic heterocycles. The van der Waals surface area contributed by atoms with Gasteiger partial charge in [0.05, 0.1) is 16.8 Å². The molecule has 0 atom stereocenters. The second-order valence-electron chi connectivity index (χ2n) is 3.88. The molecule has 0 unspecified atom stereocenters. The predicted molar refractivity (Wildman–Crippen MR) is 65.0 cm³/mol. The molecule has 0 aliphatic heterocycles. The van der Waals surface area contributed by atoms with Crippen molar-refractivity contribution >= 4 is 22.9 Å². The molecule has 0 spiro atoms. The summed E-state index contributed by atoms with van der Waals surface area (Å²) in [6.07, 6.45) is -1.84. The summed E-state index contributed by atoms with van der Waals surface area (Å²) < 4.78 is 37.6. The largest absolute Gasteiger partial charge is 0.416 e. The van der Waals surface area contributed by atoms with E-state index in [4.69, 9.17) is 5.73 Å². The van der Waals surface area contributed by atoms with Crippen LogP contribution in [0.2, 0.25) is 0 Å². The Kier molecular flexibility index (Phi) is 3.25. The number of carbonyl (C=O) groups excluding carboxylic acids is 1.